The van der Waals surface area contributed by atoms with Crippen LogP contribution in [-0.2, 0) is 4.79 Å². The molecule has 0 saturated carbocycles. The fourth-order valence-corrected chi connectivity index (χ4v) is 3.15. The van der Waals surface area contributed by atoms with Gasteiger partial charge >= 0.3 is 0 Å². The number of rotatable bonds is 4. The summed E-state index contributed by atoms with van der Waals surface area (Å²) in [6, 6.07) is 9.35. The Morgan fingerprint density at radius 3 is 2.59 bits per heavy atom. The molecule has 2 heterocycles. The van der Waals surface area contributed by atoms with Crippen LogP contribution in [0.5, 0.6) is 5.75 Å². The molecule has 3 rings (SSSR count). The van der Waals surface area contributed by atoms with E-state index in [0.29, 0.717) is 31.7 Å². The van der Waals surface area contributed by atoms with Gasteiger partial charge in [0.2, 0.25) is 0 Å². The van der Waals surface area contributed by atoms with Crippen LogP contribution < -0.4 is 4.74 Å². The third-order valence-corrected chi connectivity index (χ3v) is 4.95. The average Bonchev–Trinajstić information content (AvgIpc) is 2.95. The van der Waals surface area contributed by atoms with Gasteiger partial charge < -0.3 is 14.5 Å². The predicted molar refractivity (Wildman–Crippen MR) is 103 cm³/mol. The van der Waals surface area contributed by atoms with Crippen molar-refractivity contribution in [2.75, 3.05) is 32.8 Å². The molecule has 1 aromatic carbocycles. The quantitative estimate of drug-likeness (QED) is 0.833. The minimum absolute atomic E-state index is 0.0147. The molecule has 1 saturated heterocycles. The van der Waals surface area contributed by atoms with Gasteiger partial charge in [-0.3, -0.25) is 14.6 Å². The summed E-state index contributed by atoms with van der Waals surface area (Å²) in [5.41, 5.74) is 2.77. The molecule has 1 aromatic heterocycles. The maximum atomic E-state index is 12.6. The molecule has 142 valence electrons. The molecule has 1 aliphatic heterocycles. The molecular formula is C21H25N3O3. The van der Waals surface area contributed by atoms with Crippen LogP contribution >= 0.6 is 0 Å². The zero-order valence-corrected chi connectivity index (χ0v) is 15.9. The highest BCUT2D eigenvalue weighted by Crippen LogP contribution is 2.20. The van der Waals surface area contributed by atoms with Crippen LogP contribution in [0.3, 0.4) is 0 Å². The largest absolute Gasteiger partial charge is 0.483 e. The molecule has 6 nitrogen and oxygen atoms in total. The summed E-state index contributed by atoms with van der Waals surface area (Å²) in [7, 11) is 0. The second-order valence-electron chi connectivity index (χ2n) is 6.75. The van der Waals surface area contributed by atoms with E-state index in [4.69, 9.17) is 4.74 Å². The zero-order chi connectivity index (χ0) is 19.2. The lowest BCUT2D eigenvalue weighted by atomic mass is 10.1. The number of aromatic nitrogens is 1. The van der Waals surface area contributed by atoms with Gasteiger partial charge in [-0.1, -0.05) is 12.1 Å². The number of nitrogens with zero attached hydrogens (tertiary/aromatic N) is 3. The summed E-state index contributed by atoms with van der Waals surface area (Å²) in [5.74, 6) is 0.655. The molecule has 27 heavy (non-hydrogen) atoms. The van der Waals surface area contributed by atoms with E-state index in [1.807, 2.05) is 32.0 Å². The van der Waals surface area contributed by atoms with Crippen molar-refractivity contribution in [1.29, 1.82) is 0 Å². The van der Waals surface area contributed by atoms with E-state index in [-0.39, 0.29) is 18.4 Å². The molecular weight excluding hydrogens is 342 g/mol. The molecule has 0 unspecified atom stereocenters. The topological polar surface area (TPSA) is 62.7 Å². The monoisotopic (exact) mass is 367 g/mol. The summed E-state index contributed by atoms with van der Waals surface area (Å²) in [6.45, 7) is 6.32. The van der Waals surface area contributed by atoms with Gasteiger partial charge in [0.1, 0.15) is 5.75 Å². The highest BCUT2D eigenvalue weighted by molar-refractivity contribution is 5.94. The zero-order valence-electron chi connectivity index (χ0n) is 15.9. The van der Waals surface area contributed by atoms with Gasteiger partial charge in [-0.15, -0.1) is 0 Å². The van der Waals surface area contributed by atoms with Crippen LogP contribution in [0.4, 0.5) is 0 Å². The third kappa shape index (κ3) is 4.64. The van der Waals surface area contributed by atoms with E-state index in [9.17, 15) is 9.59 Å². The third-order valence-electron chi connectivity index (χ3n) is 4.95. The van der Waals surface area contributed by atoms with E-state index in [1.165, 1.54) is 0 Å². The summed E-state index contributed by atoms with van der Waals surface area (Å²) in [6.07, 6.45) is 3.98. The van der Waals surface area contributed by atoms with Crippen molar-refractivity contribution in [2.45, 2.75) is 20.3 Å². The van der Waals surface area contributed by atoms with Gasteiger partial charge in [0.15, 0.2) is 6.61 Å². The average molecular weight is 367 g/mol. The first kappa shape index (κ1) is 18.9. The summed E-state index contributed by atoms with van der Waals surface area (Å²) >= 11 is 0. The number of ether oxygens (including phenoxy) is 1. The van der Waals surface area contributed by atoms with Crippen molar-refractivity contribution < 1.29 is 14.3 Å². The van der Waals surface area contributed by atoms with E-state index < -0.39 is 0 Å². The molecule has 0 bridgehead atoms. The van der Waals surface area contributed by atoms with Gasteiger partial charge in [-0.2, -0.15) is 0 Å². The summed E-state index contributed by atoms with van der Waals surface area (Å²) < 4.78 is 5.74. The Hall–Kier alpha value is -2.89. The first-order chi connectivity index (χ1) is 13.1. The number of hydrogen-bond donors (Lipinski definition) is 0. The smallest absolute Gasteiger partial charge is 0.260 e. The van der Waals surface area contributed by atoms with Crippen molar-refractivity contribution in [3.63, 3.8) is 0 Å². The standard InChI is InChI=1S/C21H25N3O3/c1-16-6-3-8-19(17(16)2)27-15-20(25)23-10-5-11-24(13-12-23)21(26)18-7-4-9-22-14-18/h3-4,6-9,14H,5,10-13,15H2,1-2H3. The summed E-state index contributed by atoms with van der Waals surface area (Å²) in [4.78, 5) is 32.7. The van der Waals surface area contributed by atoms with Crippen molar-refractivity contribution >= 4 is 11.8 Å². The lowest BCUT2D eigenvalue weighted by molar-refractivity contribution is -0.133. The van der Waals surface area contributed by atoms with Crippen LogP contribution in [-0.4, -0.2) is 59.4 Å². The van der Waals surface area contributed by atoms with E-state index in [0.717, 1.165) is 23.3 Å². The fraction of sp³-hybridized carbons (Fsp3) is 0.381. The maximum absolute atomic E-state index is 12.6. The molecule has 2 aromatic rings. The van der Waals surface area contributed by atoms with Gasteiger partial charge in [0, 0.05) is 38.6 Å². The Labute approximate surface area is 159 Å². The van der Waals surface area contributed by atoms with Gasteiger partial charge in [-0.05, 0) is 49.6 Å². The number of carbonyl (C=O) groups excluding carboxylic acids is 2. The van der Waals surface area contributed by atoms with Gasteiger partial charge in [0.25, 0.3) is 11.8 Å². The van der Waals surface area contributed by atoms with Crippen molar-refractivity contribution in [3.05, 3.63) is 59.4 Å². The molecule has 1 aliphatic rings. The Bertz CT molecular complexity index is 808. The Morgan fingerprint density at radius 2 is 1.81 bits per heavy atom. The van der Waals surface area contributed by atoms with Crippen LogP contribution in [0.15, 0.2) is 42.7 Å². The van der Waals surface area contributed by atoms with Crippen molar-refractivity contribution in [3.8, 4) is 5.75 Å². The number of pyridine rings is 1. The maximum Gasteiger partial charge on any atom is 0.260 e. The Morgan fingerprint density at radius 1 is 1.04 bits per heavy atom. The van der Waals surface area contributed by atoms with Crippen LogP contribution in [0.2, 0.25) is 0 Å². The van der Waals surface area contributed by atoms with Crippen molar-refractivity contribution in [1.82, 2.24) is 14.8 Å². The van der Waals surface area contributed by atoms with Gasteiger partial charge in [0.05, 0.1) is 5.56 Å². The Balaban J connectivity index is 1.55. The molecule has 0 spiro atoms. The van der Waals surface area contributed by atoms with E-state index in [2.05, 4.69) is 4.98 Å². The molecule has 0 radical (unpaired) electrons. The van der Waals surface area contributed by atoms with Crippen LogP contribution in [0.1, 0.15) is 27.9 Å². The highest BCUT2D eigenvalue weighted by Gasteiger charge is 2.23. The number of benzene rings is 1. The molecule has 0 aliphatic carbocycles. The Kier molecular flexibility index (Phi) is 6.06. The molecule has 0 N–H and O–H groups in total. The molecule has 6 heteroatoms. The SMILES string of the molecule is Cc1cccc(OCC(=O)N2CCCN(C(=O)c3cccnc3)CC2)c1C. The van der Waals surface area contributed by atoms with E-state index >= 15 is 0 Å². The first-order valence-corrected chi connectivity index (χ1v) is 9.22. The fourth-order valence-electron chi connectivity index (χ4n) is 3.15. The number of carbonyl (C=O) groups is 2. The van der Waals surface area contributed by atoms with Gasteiger partial charge in [-0.25, -0.2) is 0 Å². The number of amides is 2. The molecule has 1 fully saturated rings. The normalized spacial score (nSPS) is 14.6. The predicted octanol–water partition coefficient (Wildman–Crippen LogP) is 2.45. The van der Waals surface area contributed by atoms with Crippen LogP contribution in [0, 0.1) is 13.8 Å². The van der Waals surface area contributed by atoms with E-state index in [1.54, 1.807) is 34.3 Å². The first-order valence-electron chi connectivity index (χ1n) is 9.22. The lowest BCUT2D eigenvalue weighted by Gasteiger charge is -2.22. The summed E-state index contributed by atoms with van der Waals surface area (Å²) in [5, 5.41) is 0. The second kappa shape index (κ2) is 8.66. The van der Waals surface area contributed by atoms with Crippen molar-refractivity contribution in [2.24, 2.45) is 0 Å². The minimum Gasteiger partial charge on any atom is -0.483 e. The number of aryl methyl sites for hydroxylation is 1. The molecule has 0 atom stereocenters. The second-order valence-corrected chi connectivity index (χ2v) is 6.75. The number of hydrogen-bond acceptors (Lipinski definition) is 4. The molecule has 2 amide bonds. The van der Waals surface area contributed by atoms with Crippen LogP contribution in [0.25, 0.3) is 0 Å². The lowest BCUT2D eigenvalue weighted by Crippen LogP contribution is -2.39. The minimum atomic E-state index is -0.0495. The highest BCUT2D eigenvalue weighted by atomic mass is 16.5.